The summed E-state index contributed by atoms with van der Waals surface area (Å²) in [5.41, 5.74) is 3.07. The number of nitrogens with one attached hydrogen (secondary N) is 1. The van der Waals surface area contributed by atoms with Gasteiger partial charge in [-0.25, -0.2) is 4.98 Å². The molecule has 4 heteroatoms. The number of pyridine rings is 1. The molecule has 1 aromatic heterocycles. The van der Waals surface area contributed by atoms with Gasteiger partial charge in [0.1, 0.15) is 5.75 Å². The number of hydrogen-bond acceptors (Lipinski definition) is 4. The van der Waals surface area contributed by atoms with E-state index >= 15 is 0 Å². The summed E-state index contributed by atoms with van der Waals surface area (Å²) in [5.74, 6) is 1.45. The van der Waals surface area contributed by atoms with Crippen LogP contribution in [0.3, 0.4) is 0 Å². The van der Waals surface area contributed by atoms with Gasteiger partial charge >= 0.3 is 0 Å². The molecule has 0 radical (unpaired) electrons. The second-order valence-corrected chi connectivity index (χ2v) is 4.23. The standard InChI is InChI=1S/C15H18N2O2/c1-11-7-8-14(18-2)13(9-11)16-10-12-5-4-6-15(17-12)19-3/h4-9,16H,10H2,1-3H3. The van der Waals surface area contributed by atoms with Gasteiger partial charge in [-0.05, 0) is 30.7 Å². The van der Waals surface area contributed by atoms with Crippen LogP contribution in [0.25, 0.3) is 0 Å². The number of methoxy groups -OCH3 is 2. The van der Waals surface area contributed by atoms with Gasteiger partial charge in [-0.1, -0.05) is 12.1 Å². The summed E-state index contributed by atoms with van der Waals surface area (Å²) in [6.45, 7) is 2.67. The van der Waals surface area contributed by atoms with E-state index in [0.717, 1.165) is 17.1 Å². The highest BCUT2D eigenvalue weighted by Crippen LogP contribution is 2.25. The lowest BCUT2D eigenvalue weighted by atomic mass is 10.2. The molecule has 0 amide bonds. The molecule has 0 aliphatic carbocycles. The molecule has 0 aliphatic heterocycles. The monoisotopic (exact) mass is 258 g/mol. The van der Waals surface area contributed by atoms with Crippen LogP contribution in [0.1, 0.15) is 11.3 Å². The summed E-state index contributed by atoms with van der Waals surface area (Å²) in [6.07, 6.45) is 0. The van der Waals surface area contributed by atoms with Gasteiger partial charge in [0, 0.05) is 6.07 Å². The molecule has 2 rings (SSSR count). The Bertz CT molecular complexity index is 556. The van der Waals surface area contributed by atoms with Gasteiger partial charge in [-0.15, -0.1) is 0 Å². The first-order valence-electron chi connectivity index (χ1n) is 6.11. The van der Waals surface area contributed by atoms with Crippen molar-refractivity contribution in [3.8, 4) is 11.6 Å². The van der Waals surface area contributed by atoms with Crippen molar-refractivity contribution in [1.82, 2.24) is 4.98 Å². The van der Waals surface area contributed by atoms with Crippen molar-refractivity contribution in [1.29, 1.82) is 0 Å². The Morgan fingerprint density at radius 1 is 1.11 bits per heavy atom. The number of ether oxygens (including phenoxy) is 2. The van der Waals surface area contributed by atoms with Gasteiger partial charge < -0.3 is 14.8 Å². The lowest BCUT2D eigenvalue weighted by Crippen LogP contribution is -2.04. The maximum Gasteiger partial charge on any atom is 0.213 e. The summed E-state index contributed by atoms with van der Waals surface area (Å²) in [7, 11) is 3.28. The van der Waals surface area contributed by atoms with Gasteiger partial charge in [0.05, 0.1) is 32.1 Å². The number of anilines is 1. The Morgan fingerprint density at radius 3 is 2.68 bits per heavy atom. The first kappa shape index (κ1) is 13.2. The summed E-state index contributed by atoms with van der Waals surface area (Å²) < 4.78 is 10.4. The smallest absolute Gasteiger partial charge is 0.213 e. The van der Waals surface area contributed by atoms with E-state index in [1.807, 2.05) is 30.3 Å². The SMILES string of the molecule is COc1cccc(CNc2cc(C)ccc2OC)n1. The lowest BCUT2D eigenvalue weighted by molar-refractivity contribution is 0.396. The quantitative estimate of drug-likeness (QED) is 0.895. The fraction of sp³-hybridized carbons (Fsp3) is 0.267. The summed E-state index contributed by atoms with van der Waals surface area (Å²) in [4.78, 5) is 4.36. The van der Waals surface area contributed by atoms with E-state index in [2.05, 4.69) is 23.3 Å². The van der Waals surface area contributed by atoms with E-state index in [-0.39, 0.29) is 0 Å². The van der Waals surface area contributed by atoms with Crippen molar-refractivity contribution in [3.63, 3.8) is 0 Å². The van der Waals surface area contributed by atoms with Crippen molar-refractivity contribution >= 4 is 5.69 Å². The third kappa shape index (κ3) is 3.37. The Kier molecular flexibility index (Phi) is 4.23. The van der Waals surface area contributed by atoms with Crippen molar-refractivity contribution in [2.45, 2.75) is 13.5 Å². The predicted octanol–water partition coefficient (Wildman–Crippen LogP) is 3.02. The molecular formula is C15H18N2O2. The van der Waals surface area contributed by atoms with Gasteiger partial charge in [0.25, 0.3) is 0 Å². The van der Waals surface area contributed by atoms with Crippen LogP contribution in [0.2, 0.25) is 0 Å². The number of benzene rings is 1. The van der Waals surface area contributed by atoms with Crippen LogP contribution in [0.4, 0.5) is 5.69 Å². The fourth-order valence-electron chi connectivity index (χ4n) is 1.82. The average molecular weight is 258 g/mol. The maximum absolute atomic E-state index is 5.33. The topological polar surface area (TPSA) is 43.4 Å². The minimum atomic E-state index is 0.621. The molecule has 0 aliphatic rings. The lowest BCUT2D eigenvalue weighted by Gasteiger charge is -2.12. The number of nitrogens with zero attached hydrogens (tertiary/aromatic N) is 1. The highest BCUT2D eigenvalue weighted by atomic mass is 16.5. The minimum Gasteiger partial charge on any atom is -0.495 e. The maximum atomic E-state index is 5.33. The third-order valence-electron chi connectivity index (χ3n) is 2.81. The van der Waals surface area contributed by atoms with Crippen molar-refractivity contribution in [3.05, 3.63) is 47.7 Å². The Hall–Kier alpha value is -2.23. The summed E-state index contributed by atoms with van der Waals surface area (Å²) in [6, 6.07) is 11.7. The molecule has 0 saturated carbocycles. The number of aryl methyl sites for hydroxylation is 1. The molecule has 2 aromatic rings. The molecule has 19 heavy (non-hydrogen) atoms. The van der Waals surface area contributed by atoms with Crippen molar-refractivity contribution in [2.75, 3.05) is 19.5 Å². The van der Waals surface area contributed by atoms with E-state index in [1.54, 1.807) is 14.2 Å². The van der Waals surface area contributed by atoms with Crippen molar-refractivity contribution < 1.29 is 9.47 Å². The molecule has 1 N–H and O–H groups in total. The van der Waals surface area contributed by atoms with Crippen LogP contribution in [0, 0.1) is 6.92 Å². The highest BCUT2D eigenvalue weighted by Gasteiger charge is 2.03. The van der Waals surface area contributed by atoms with Gasteiger partial charge in [0.15, 0.2) is 0 Å². The van der Waals surface area contributed by atoms with Crippen LogP contribution in [-0.4, -0.2) is 19.2 Å². The first-order valence-corrected chi connectivity index (χ1v) is 6.11. The first-order chi connectivity index (χ1) is 9.22. The zero-order valence-corrected chi connectivity index (χ0v) is 11.4. The van der Waals surface area contributed by atoms with Gasteiger partial charge in [0.2, 0.25) is 5.88 Å². The molecule has 4 nitrogen and oxygen atoms in total. The van der Waals surface area contributed by atoms with Crippen LogP contribution < -0.4 is 14.8 Å². The predicted molar refractivity (Wildman–Crippen MR) is 75.8 cm³/mol. The molecule has 0 unspecified atom stereocenters. The number of hydrogen-bond donors (Lipinski definition) is 1. The second kappa shape index (κ2) is 6.09. The molecule has 100 valence electrons. The Balaban J connectivity index is 2.11. The van der Waals surface area contributed by atoms with E-state index in [1.165, 1.54) is 5.56 Å². The zero-order chi connectivity index (χ0) is 13.7. The van der Waals surface area contributed by atoms with Crippen molar-refractivity contribution in [2.24, 2.45) is 0 Å². The fourth-order valence-corrected chi connectivity index (χ4v) is 1.82. The molecule has 1 heterocycles. The molecular weight excluding hydrogens is 240 g/mol. The summed E-state index contributed by atoms with van der Waals surface area (Å²) >= 11 is 0. The largest absolute Gasteiger partial charge is 0.495 e. The van der Waals surface area contributed by atoms with Gasteiger partial charge in [-0.2, -0.15) is 0 Å². The molecule has 0 bridgehead atoms. The van der Waals surface area contributed by atoms with E-state index in [4.69, 9.17) is 9.47 Å². The van der Waals surface area contributed by atoms with Crippen LogP contribution in [0.5, 0.6) is 11.6 Å². The van der Waals surface area contributed by atoms with Crippen LogP contribution in [-0.2, 0) is 6.54 Å². The minimum absolute atomic E-state index is 0.621. The molecule has 1 aromatic carbocycles. The zero-order valence-electron chi connectivity index (χ0n) is 11.4. The Morgan fingerprint density at radius 2 is 1.95 bits per heavy atom. The van der Waals surface area contributed by atoms with Crippen LogP contribution >= 0.6 is 0 Å². The van der Waals surface area contributed by atoms with Gasteiger partial charge in [-0.3, -0.25) is 0 Å². The van der Waals surface area contributed by atoms with Crippen LogP contribution in [0.15, 0.2) is 36.4 Å². The summed E-state index contributed by atoms with van der Waals surface area (Å²) in [5, 5.41) is 3.33. The Labute approximate surface area is 113 Å². The normalized spacial score (nSPS) is 10.1. The highest BCUT2D eigenvalue weighted by molar-refractivity contribution is 5.58. The van der Waals surface area contributed by atoms with E-state index in [0.29, 0.717) is 12.4 Å². The second-order valence-electron chi connectivity index (χ2n) is 4.23. The number of rotatable bonds is 5. The molecule has 0 saturated heterocycles. The molecule has 0 spiro atoms. The van der Waals surface area contributed by atoms with E-state index < -0.39 is 0 Å². The molecule has 0 atom stereocenters. The number of aromatic nitrogens is 1. The van der Waals surface area contributed by atoms with E-state index in [9.17, 15) is 0 Å². The average Bonchev–Trinajstić information content (AvgIpc) is 2.45. The molecule has 0 fully saturated rings. The third-order valence-corrected chi connectivity index (χ3v) is 2.81.